The van der Waals surface area contributed by atoms with Crippen LogP contribution in [-0.2, 0) is 10.0 Å². The van der Waals surface area contributed by atoms with Crippen LogP contribution in [0.5, 0.6) is 0 Å². The van der Waals surface area contributed by atoms with Gasteiger partial charge < -0.3 is 10.3 Å². The van der Waals surface area contributed by atoms with Crippen LogP contribution in [0.25, 0.3) is 11.2 Å². The van der Waals surface area contributed by atoms with Crippen LogP contribution in [0.4, 0.5) is 17.2 Å². The number of aromatic amines is 1. The van der Waals surface area contributed by atoms with Gasteiger partial charge in [-0.3, -0.25) is 4.98 Å². The first-order valence-electron chi connectivity index (χ1n) is 9.09. The van der Waals surface area contributed by atoms with Gasteiger partial charge in [-0.15, -0.1) is 0 Å². The van der Waals surface area contributed by atoms with Crippen molar-refractivity contribution >= 4 is 44.2 Å². The van der Waals surface area contributed by atoms with E-state index in [1.807, 2.05) is 6.92 Å². The maximum absolute atomic E-state index is 13.5. The normalized spacial score (nSPS) is 16.0. The minimum Gasteiger partial charge on any atom is -0.358 e. The van der Waals surface area contributed by atoms with E-state index in [1.165, 1.54) is 23.2 Å². The number of nitrogens with zero attached hydrogens (tertiary/aromatic N) is 6. The first-order chi connectivity index (χ1) is 14.6. The van der Waals surface area contributed by atoms with E-state index in [-0.39, 0.29) is 4.90 Å². The minimum absolute atomic E-state index is 0.141. The number of sulfonamides is 1. The van der Waals surface area contributed by atoms with Crippen LogP contribution in [-0.4, -0.2) is 45.2 Å². The van der Waals surface area contributed by atoms with Gasteiger partial charge in [0.15, 0.2) is 11.5 Å². The fourth-order valence-corrected chi connectivity index (χ4v) is 4.98. The average molecular weight is 420 g/mol. The maximum Gasteiger partial charge on any atom is 0.271 e. The number of nitrogens with one attached hydrogen (secondary N) is 2. The smallest absolute Gasteiger partial charge is 0.271 e. The van der Waals surface area contributed by atoms with Gasteiger partial charge in [0.05, 0.1) is 29.9 Å². The van der Waals surface area contributed by atoms with Crippen LogP contribution < -0.4 is 9.62 Å². The van der Waals surface area contributed by atoms with Gasteiger partial charge in [-0.2, -0.15) is 0 Å². The van der Waals surface area contributed by atoms with Gasteiger partial charge in [0.2, 0.25) is 0 Å². The summed E-state index contributed by atoms with van der Waals surface area (Å²) in [5, 5.41) is 3.23. The minimum atomic E-state index is -3.88. The number of amidine groups is 1. The fraction of sp³-hybridized carbons (Fsp3) is 0.105. The molecule has 0 bridgehead atoms. The standard InChI is InChI=1S/C19H16N8O2S/c1-12(25-18-16-17(22-10-21-16)23-11-24-18)19-26-14-6-2-3-7-15(14)30(28,29)27(19)13-5-4-8-20-9-13/h2-12H,1H3,(H2,21,22,23,24,25). The Labute approximate surface area is 171 Å². The van der Waals surface area contributed by atoms with Crippen LogP contribution in [0.15, 0.2) is 71.3 Å². The number of hydrogen-bond acceptors (Lipinski definition) is 8. The molecule has 0 aliphatic carbocycles. The summed E-state index contributed by atoms with van der Waals surface area (Å²) in [6.45, 7) is 1.82. The molecule has 0 fully saturated rings. The number of benzene rings is 1. The average Bonchev–Trinajstić information content (AvgIpc) is 3.24. The van der Waals surface area contributed by atoms with E-state index >= 15 is 0 Å². The lowest BCUT2D eigenvalue weighted by Crippen LogP contribution is -2.47. The zero-order valence-corrected chi connectivity index (χ0v) is 16.6. The van der Waals surface area contributed by atoms with Gasteiger partial charge in [-0.1, -0.05) is 12.1 Å². The Balaban J connectivity index is 1.64. The van der Waals surface area contributed by atoms with Crippen molar-refractivity contribution in [3.8, 4) is 0 Å². The Hall–Kier alpha value is -3.86. The Morgan fingerprint density at radius 1 is 1.10 bits per heavy atom. The van der Waals surface area contributed by atoms with Crippen LogP contribution in [0.1, 0.15) is 6.92 Å². The number of imidazole rings is 1. The molecule has 30 heavy (non-hydrogen) atoms. The molecule has 4 heterocycles. The predicted octanol–water partition coefficient (Wildman–Crippen LogP) is 2.49. The van der Waals surface area contributed by atoms with Crippen molar-refractivity contribution in [3.63, 3.8) is 0 Å². The molecule has 2 N–H and O–H groups in total. The number of hydrogen-bond donors (Lipinski definition) is 2. The lowest BCUT2D eigenvalue weighted by Gasteiger charge is -2.32. The summed E-state index contributed by atoms with van der Waals surface area (Å²) in [7, 11) is -3.88. The second kappa shape index (κ2) is 6.88. The molecule has 1 aliphatic rings. The number of H-pyrrole nitrogens is 1. The van der Waals surface area contributed by atoms with Gasteiger partial charge in [-0.05, 0) is 31.2 Å². The van der Waals surface area contributed by atoms with E-state index in [4.69, 9.17) is 0 Å². The van der Waals surface area contributed by atoms with Crippen molar-refractivity contribution in [2.45, 2.75) is 17.9 Å². The number of anilines is 2. The number of rotatable bonds is 4. The predicted molar refractivity (Wildman–Crippen MR) is 112 cm³/mol. The fourth-order valence-electron chi connectivity index (χ4n) is 3.32. The number of aliphatic imine (C=N–C) groups is 1. The van der Waals surface area contributed by atoms with Crippen molar-refractivity contribution in [3.05, 3.63) is 61.4 Å². The third-order valence-corrected chi connectivity index (χ3v) is 6.45. The molecule has 1 atom stereocenters. The molecule has 5 rings (SSSR count). The number of para-hydroxylation sites is 1. The van der Waals surface area contributed by atoms with E-state index in [2.05, 4.69) is 35.2 Å². The van der Waals surface area contributed by atoms with Gasteiger partial charge in [0.1, 0.15) is 22.6 Å². The topological polar surface area (TPSA) is 129 Å². The van der Waals surface area contributed by atoms with Crippen molar-refractivity contribution in [1.29, 1.82) is 0 Å². The first-order valence-corrected chi connectivity index (χ1v) is 10.5. The third kappa shape index (κ3) is 2.87. The lowest BCUT2D eigenvalue weighted by atomic mass is 10.2. The van der Waals surface area contributed by atoms with E-state index < -0.39 is 16.1 Å². The zero-order valence-electron chi connectivity index (χ0n) is 15.8. The number of fused-ring (bicyclic) bond motifs is 2. The van der Waals surface area contributed by atoms with E-state index in [0.29, 0.717) is 34.2 Å². The highest BCUT2D eigenvalue weighted by atomic mass is 32.2. The quantitative estimate of drug-likeness (QED) is 0.519. The monoisotopic (exact) mass is 420 g/mol. The van der Waals surface area contributed by atoms with Crippen LogP contribution >= 0.6 is 0 Å². The summed E-state index contributed by atoms with van der Waals surface area (Å²) in [5.41, 5.74) is 1.91. The Morgan fingerprint density at radius 3 is 2.80 bits per heavy atom. The highest BCUT2D eigenvalue weighted by molar-refractivity contribution is 7.93. The summed E-state index contributed by atoms with van der Waals surface area (Å²) in [6.07, 6.45) is 6.00. The molecule has 0 saturated carbocycles. The molecule has 0 amide bonds. The van der Waals surface area contributed by atoms with Crippen LogP contribution in [0, 0.1) is 0 Å². The van der Waals surface area contributed by atoms with Crippen molar-refractivity contribution in [2.24, 2.45) is 4.99 Å². The summed E-state index contributed by atoms with van der Waals surface area (Å²) in [6, 6.07) is 9.50. The second-order valence-corrected chi connectivity index (χ2v) is 8.36. The molecule has 3 aromatic heterocycles. The van der Waals surface area contributed by atoms with Gasteiger partial charge in [0, 0.05) is 6.20 Å². The van der Waals surface area contributed by atoms with Crippen molar-refractivity contribution < 1.29 is 8.42 Å². The Bertz CT molecular complexity index is 1370. The second-order valence-electron chi connectivity index (χ2n) is 6.61. The lowest BCUT2D eigenvalue weighted by molar-refractivity contribution is 0.596. The maximum atomic E-state index is 13.5. The molecule has 1 unspecified atom stereocenters. The molecule has 0 saturated heterocycles. The van der Waals surface area contributed by atoms with Crippen LogP contribution in [0.2, 0.25) is 0 Å². The molecular formula is C19H16N8O2S. The largest absolute Gasteiger partial charge is 0.358 e. The van der Waals surface area contributed by atoms with E-state index in [0.717, 1.165) is 0 Å². The number of aromatic nitrogens is 5. The summed E-state index contributed by atoms with van der Waals surface area (Å²) >= 11 is 0. The summed E-state index contributed by atoms with van der Waals surface area (Å²) in [4.78, 5) is 24.4. The van der Waals surface area contributed by atoms with E-state index in [9.17, 15) is 8.42 Å². The van der Waals surface area contributed by atoms with Crippen LogP contribution in [0.3, 0.4) is 0 Å². The molecule has 11 heteroatoms. The molecule has 150 valence electrons. The summed E-state index contributed by atoms with van der Waals surface area (Å²) in [5.74, 6) is 0.795. The Morgan fingerprint density at radius 2 is 1.97 bits per heavy atom. The Kier molecular flexibility index (Phi) is 4.17. The molecular weight excluding hydrogens is 404 g/mol. The first kappa shape index (κ1) is 18.2. The van der Waals surface area contributed by atoms with Gasteiger partial charge >= 0.3 is 0 Å². The molecule has 4 aromatic rings. The molecule has 0 radical (unpaired) electrons. The molecule has 10 nitrogen and oxygen atoms in total. The zero-order chi connectivity index (χ0) is 20.7. The highest BCUT2D eigenvalue weighted by Gasteiger charge is 2.37. The molecule has 1 aromatic carbocycles. The molecule has 0 spiro atoms. The van der Waals surface area contributed by atoms with E-state index in [1.54, 1.807) is 42.6 Å². The van der Waals surface area contributed by atoms with Gasteiger partial charge in [0.25, 0.3) is 10.0 Å². The molecule has 1 aliphatic heterocycles. The van der Waals surface area contributed by atoms with Crippen molar-refractivity contribution in [1.82, 2.24) is 24.9 Å². The van der Waals surface area contributed by atoms with Crippen molar-refractivity contribution in [2.75, 3.05) is 9.62 Å². The highest BCUT2D eigenvalue weighted by Crippen LogP contribution is 2.36. The van der Waals surface area contributed by atoms with Gasteiger partial charge in [-0.25, -0.2) is 32.7 Å². The SMILES string of the molecule is CC(Nc1ncnc2nc[nH]c12)C1=Nc2ccccc2S(=O)(=O)N1c1cccnc1. The summed E-state index contributed by atoms with van der Waals surface area (Å²) < 4.78 is 28.2. The number of pyridine rings is 1. The third-order valence-electron chi connectivity index (χ3n) is 4.67.